The molecular formula is C19H11F3N4O. The fraction of sp³-hybridized carbons (Fsp3) is 0. The molecule has 0 saturated carbocycles. The molecule has 0 aliphatic rings. The highest BCUT2D eigenvalue weighted by atomic mass is 19.2. The molecule has 0 atom stereocenters. The summed E-state index contributed by atoms with van der Waals surface area (Å²) in [6.45, 7) is 0. The summed E-state index contributed by atoms with van der Waals surface area (Å²) < 4.78 is 39.9. The topological polar surface area (TPSA) is 77.8 Å². The van der Waals surface area contributed by atoms with Crippen LogP contribution in [-0.4, -0.2) is 10.9 Å². The highest BCUT2D eigenvalue weighted by Crippen LogP contribution is 2.21. The molecule has 134 valence electrons. The second-order valence-corrected chi connectivity index (χ2v) is 5.45. The van der Waals surface area contributed by atoms with Crippen LogP contribution in [0.15, 0.2) is 54.9 Å². The van der Waals surface area contributed by atoms with Gasteiger partial charge in [-0.05, 0) is 42.5 Å². The normalized spacial score (nSPS) is 10.1. The molecule has 1 aromatic heterocycles. The average Bonchev–Trinajstić information content (AvgIpc) is 2.69. The molecule has 27 heavy (non-hydrogen) atoms. The number of anilines is 3. The predicted molar refractivity (Wildman–Crippen MR) is 92.9 cm³/mol. The van der Waals surface area contributed by atoms with Crippen molar-refractivity contribution in [3.8, 4) is 6.07 Å². The quantitative estimate of drug-likeness (QED) is 0.671. The Labute approximate surface area is 152 Å². The van der Waals surface area contributed by atoms with Gasteiger partial charge in [-0.15, -0.1) is 0 Å². The van der Waals surface area contributed by atoms with Gasteiger partial charge in [-0.3, -0.25) is 9.78 Å². The molecular weight excluding hydrogens is 357 g/mol. The van der Waals surface area contributed by atoms with Crippen LogP contribution >= 0.6 is 0 Å². The zero-order valence-electron chi connectivity index (χ0n) is 13.6. The van der Waals surface area contributed by atoms with Crippen LogP contribution in [0.4, 0.5) is 30.2 Å². The molecule has 0 fully saturated rings. The fourth-order valence-electron chi connectivity index (χ4n) is 2.24. The van der Waals surface area contributed by atoms with E-state index in [1.54, 1.807) is 24.3 Å². The SMILES string of the molecule is N#Cc1ccc(Nc2cncc(C(=O)Nc3ccc(F)c(F)c3F)c2)cc1. The molecule has 0 aliphatic carbocycles. The Morgan fingerprint density at radius 3 is 2.41 bits per heavy atom. The van der Waals surface area contributed by atoms with Crippen LogP contribution in [0.5, 0.6) is 0 Å². The third-order valence-corrected chi connectivity index (χ3v) is 3.59. The molecule has 2 aromatic carbocycles. The van der Waals surface area contributed by atoms with Crippen molar-refractivity contribution in [1.82, 2.24) is 4.98 Å². The van der Waals surface area contributed by atoms with Gasteiger partial charge in [-0.2, -0.15) is 5.26 Å². The van der Waals surface area contributed by atoms with E-state index in [2.05, 4.69) is 15.6 Å². The Morgan fingerprint density at radius 1 is 0.963 bits per heavy atom. The lowest BCUT2D eigenvalue weighted by atomic mass is 10.2. The Kier molecular flexibility index (Phi) is 5.04. The van der Waals surface area contributed by atoms with Crippen molar-refractivity contribution in [3.63, 3.8) is 0 Å². The van der Waals surface area contributed by atoms with Gasteiger partial charge in [-0.25, -0.2) is 13.2 Å². The summed E-state index contributed by atoms with van der Waals surface area (Å²) >= 11 is 0. The van der Waals surface area contributed by atoms with E-state index < -0.39 is 29.0 Å². The summed E-state index contributed by atoms with van der Waals surface area (Å²) in [7, 11) is 0. The first-order chi connectivity index (χ1) is 13.0. The van der Waals surface area contributed by atoms with Gasteiger partial charge in [0.2, 0.25) is 0 Å². The van der Waals surface area contributed by atoms with Crippen molar-refractivity contribution in [2.45, 2.75) is 0 Å². The minimum absolute atomic E-state index is 0.0813. The number of benzene rings is 2. The highest BCUT2D eigenvalue weighted by Gasteiger charge is 2.16. The number of hydrogen-bond donors (Lipinski definition) is 2. The van der Waals surface area contributed by atoms with E-state index in [1.165, 1.54) is 18.5 Å². The zero-order valence-corrected chi connectivity index (χ0v) is 13.6. The number of nitrogens with zero attached hydrogens (tertiary/aromatic N) is 2. The van der Waals surface area contributed by atoms with E-state index in [0.29, 0.717) is 16.9 Å². The lowest BCUT2D eigenvalue weighted by Crippen LogP contribution is -2.14. The number of rotatable bonds is 4. The molecule has 2 N–H and O–H groups in total. The van der Waals surface area contributed by atoms with Crippen molar-refractivity contribution in [3.05, 3.63) is 83.4 Å². The number of pyridine rings is 1. The van der Waals surface area contributed by atoms with Crippen molar-refractivity contribution in [2.24, 2.45) is 0 Å². The van der Waals surface area contributed by atoms with E-state index in [0.717, 1.165) is 12.1 Å². The van der Waals surface area contributed by atoms with Crippen LogP contribution < -0.4 is 10.6 Å². The Bertz CT molecular complexity index is 1050. The number of halogens is 3. The first-order valence-corrected chi connectivity index (χ1v) is 7.65. The minimum atomic E-state index is -1.66. The summed E-state index contributed by atoms with van der Waals surface area (Å²) in [4.78, 5) is 16.2. The molecule has 0 unspecified atom stereocenters. The molecule has 3 aromatic rings. The van der Waals surface area contributed by atoms with Crippen LogP contribution in [0, 0.1) is 28.8 Å². The first-order valence-electron chi connectivity index (χ1n) is 7.65. The van der Waals surface area contributed by atoms with Crippen LogP contribution in [0.3, 0.4) is 0 Å². The van der Waals surface area contributed by atoms with Gasteiger partial charge >= 0.3 is 0 Å². The van der Waals surface area contributed by atoms with Crippen molar-refractivity contribution >= 4 is 23.0 Å². The number of carbonyl (C=O) groups excluding carboxylic acids is 1. The average molecular weight is 368 g/mol. The maximum absolute atomic E-state index is 13.7. The molecule has 1 amide bonds. The number of carbonyl (C=O) groups is 1. The van der Waals surface area contributed by atoms with Crippen LogP contribution in [-0.2, 0) is 0 Å². The molecule has 3 rings (SSSR count). The molecule has 1 heterocycles. The number of nitrogens with one attached hydrogen (secondary N) is 2. The van der Waals surface area contributed by atoms with Gasteiger partial charge in [0.15, 0.2) is 17.5 Å². The van der Waals surface area contributed by atoms with Crippen molar-refractivity contribution < 1.29 is 18.0 Å². The summed E-state index contributed by atoms with van der Waals surface area (Å²) in [6, 6.07) is 11.7. The Morgan fingerprint density at radius 2 is 1.70 bits per heavy atom. The minimum Gasteiger partial charge on any atom is -0.354 e. The van der Waals surface area contributed by atoms with E-state index in [4.69, 9.17) is 5.26 Å². The third-order valence-electron chi connectivity index (χ3n) is 3.59. The van der Waals surface area contributed by atoms with E-state index in [-0.39, 0.29) is 5.56 Å². The smallest absolute Gasteiger partial charge is 0.257 e. The van der Waals surface area contributed by atoms with Gasteiger partial charge < -0.3 is 10.6 Å². The Balaban J connectivity index is 1.77. The number of nitriles is 1. The first kappa shape index (κ1) is 17.9. The van der Waals surface area contributed by atoms with Gasteiger partial charge in [0.05, 0.1) is 34.8 Å². The monoisotopic (exact) mass is 368 g/mol. The van der Waals surface area contributed by atoms with E-state index in [9.17, 15) is 18.0 Å². The second-order valence-electron chi connectivity index (χ2n) is 5.45. The molecule has 0 saturated heterocycles. The summed E-state index contributed by atoms with van der Waals surface area (Å²) in [5.41, 5.74) is 1.24. The molecule has 0 spiro atoms. The number of aromatic nitrogens is 1. The van der Waals surface area contributed by atoms with Gasteiger partial charge in [0.25, 0.3) is 5.91 Å². The maximum atomic E-state index is 13.7. The van der Waals surface area contributed by atoms with Crippen molar-refractivity contribution in [2.75, 3.05) is 10.6 Å². The van der Waals surface area contributed by atoms with Crippen LogP contribution in [0.2, 0.25) is 0 Å². The lowest BCUT2D eigenvalue weighted by molar-refractivity contribution is 0.102. The summed E-state index contributed by atoms with van der Waals surface area (Å²) in [6.07, 6.45) is 2.71. The molecule has 5 nitrogen and oxygen atoms in total. The van der Waals surface area contributed by atoms with Gasteiger partial charge in [-0.1, -0.05) is 0 Å². The molecule has 8 heteroatoms. The van der Waals surface area contributed by atoms with E-state index >= 15 is 0 Å². The third kappa shape index (κ3) is 4.04. The van der Waals surface area contributed by atoms with Gasteiger partial charge in [0, 0.05) is 11.9 Å². The predicted octanol–water partition coefficient (Wildman–Crippen LogP) is 4.37. The molecule has 0 radical (unpaired) electrons. The Hall–Kier alpha value is -3.86. The van der Waals surface area contributed by atoms with Crippen molar-refractivity contribution in [1.29, 1.82) is 5.26 Å². The molecule has 0 aliphatic heterocycles. The van der Waals surface area contributed by atoms with Crippen LogP contribution in [0.1, 0.15) is 15.9 Å². The standard InChI is InChI=1S/C19H11F3N4O/c20-15-5-6-16(18(22)17(15)21)26-19(27)12-7-14(10-24-9-12)25-13-3-1-11(8-23)2-4-13/h1-7,9-10,25H,(H,26,27). The summed E-state index contributed by atoms with van der Waals surface area (Å²) in [5, 5.41) is 14.0. The van der Waals surface area contributed by atoms with Gasteiger partial charge in [0.1, 0.15) is 0 Å². The summed E-state index contributed by atoms with van der Waals surface area (Å²) in [5.74, 6) is -5.23. The molecule has 0 bridgehead atoms. The maximum Gasteiger partial charge on any atom is 0.257 e. The highest BCUT2D eigenvalue weighted by molar-refractivity contribution is 6.04. The zero-order chi connectivity index (χ0) is 19.4. The fourth-order valence-corrected chi connectivity index (χ4v) is 2.24. The number of hydrogen-bond acceptors (Lipinski definition) is 4. The van der Waals surface area contributed by atoms with E-state index in [1.807, 2.05) is 6.07 Å². The lowest BCUT2D eigenvalue weighted by Gasteiger charge is -2.09. The number of amides is 1. The van der Waals surface area contributed by atoms with Crippen LogP contribution in [0.25, 0.3) is 0 Å². The largest absolute Gasteiger partial charge is 0.354 e. The second kappa shape index (κ2) is 7.58.